The Balaban J connectivity index is 1.88. The Kier molecular flexibility index (Phi) is 2.91. The fraction of sp³-hybridized carbons (Fsp3) is 0.500. The molecule has 2 nitrogen and oxygen atoms in total. The van der Waals surface area contributed by atoms with Gasteiger partial charge in [0, 0.05) is 18.3 Å². The number of hydrogen-bond donors (Lipinski definition) is 2. The summed E-state index contributed by atoms with van der Waals surface area (Å²) in [6, 6.07) is 9.74. The fourth-order valence-corrected chi connectivity index (χ4v) is 2.10. The monoisotopic (exact) mass is 208 g/mol. The Labute approximate surface area is 89.7 Å². The minimum atomic E-state index is -1.12. The molecule has 0 heterocycles. The third-order valence-electron chi connectivity index (χ3n) is 2.97. The minimum absolute atomic E-state index is 0.0348. The van der Waals surface area contributed by atoms with Crippen LogP contribution >= 0.6 is 0 Å². The third-order valence-corrected chi connectivity index (χ3v) is 2.97. The van der Waals surface area contributed by atoms with Crippen LogP contribution in [0.15, 0.2) is 30.3 Å². The second-order valence-corrected chi connectivity index (χ2v) is 4.37. The molecule has 1 aromatic carbocycles. The van der Waals surface area contributed by atoms with Crippen molar-refractivity contribution in [3.05, 3.63) is 30.3 Å². The normalized spacial score (nSPS) is 30.4. The van der Waals surface area contributed by atoms with E-state index in [2.05, 4.69) is 5.32 Å². The van der Waals surface area contributed by atoms with Gasteiger partial charge >= 0.3 is 0 Å². The molecule has 1 aliphatic carbocycles. The van der Waals surface area contributed by atoms with Gasteiger partial charge in [0.05, 0.1) is 0 Å². The van der Waals surface area contributed by atoms with Crippen molar-refractivity contribution in [2.75, 3.05) is 11.9 Å². The van der Waals surface area contributed by atoms with Crippen LogP contribution in [0.2, 0.25) is 0 Å². The van der Waals surface area contributed by atoms with E-state index in [9.17, 15) is 4.39 Å². The van der Waals surface area contributed by atoms with Crippen molar-refractivity contribution in [3.63, 3.8) is 0 Å². The molecular formula is C12H17FN2. The van der Waals surface area contributed by atoms with E-state index in [1.165, 1.54) is 0 Å². The van der Waals surface area contributed by atoms with E-state index < -0.39 is 5.67 Å². The number of rotatable bonds is 3. The summed E-state index contributed by atoms with van der Waals surface area (Å²) in [4.78, 5) is 0. The molecule has 82 valence electrons. The van der Waals surface area contributed by atoms with Gasteiger partial charge in [-0.25, -0.2) is 4.39 Å². The molecule has 0 amide bonds. The van der Waals surface area contributed by atoms with Gasteiger partial charge in [-0.3, -0.25) is 0 Å². The van der Waals surface area contributed by atoms with Gasteiger partial charge in [-0.2, -0.15) is 0 Å². The second kappa shape index (κ2) is 4.19. The van der Waals surface area contributed by atoms with Crippen molar-refractivity contribution in [1.29, 1.82) is 0 Å². The molecule has 0 spiro atoms. The van der Waals surface area contributed by atoms with Crippen LogP contribution in [0.25, 0.3) is 0 Å². The lowest BCUT2D eigenvalue weighted by atomic mass is 10.0. The highest BCUT2D eigenvalue weighted by atomic mass is 19.1. The number of para-hydroxylation sites is 1. The summed E-state index contributed by atoms with van der Waals surface area (Å²) < 4.78 is 14.1. The minimum Gasteiger partial charge on any atom is -0.382 e. The predicted octanol–water partition coefficient (Wildman–Crippen LogP) is 2.32. The summed E-state index contributed by atoms with van der Waals surface area (Å²) in [5, 5.41) is 3.12. The molecule has 1 saturated carbocycles. The predicted molar refractivity (Wildman–Crippen MR) is 60.6 cm³/mol. The maximum Gasteiger partial charge on any atom is 0.129 e. The maximum absolute atomic E-state index is 14.1. The van der Waals surface area contributed by atoms with Gasteiger partial charge < -0.3 is 11.1 Å². The van der Waals surface area contributed by atoms with Crippen molar-refractivity contribution < 1.29 is 4.39 Å². The molecule has 1 aliphatic rings. The molecule has 0 aliphatic heterocycles. The highest BCUT2D eigenvalue weighted by molar-refractivity contribution is 5.42. The van der Waals surface area contributed by atoms with Gasteiger partial charge in [-0.15, -0.1) is 0 Å². The first-order valence-corrected chi connectivity index (χ1v) is 5.41. The lowest BCUT2D eigenvalue weighted by Crippen LogP contribution is -2.31. The molecule has 1 aromatic rings. The molecule has 15 heavy (non-hydrogen) atoms. The SMILES string of the molecule is NC1CCC(F)(CNc2ccccc2)C1. The number of alkyl halides is 1. The van der Waals surface area contributed by atoms with Gasteiger partial charge in [0.1, 0.15) is 5.67 Å². The Hall–Kier alpha value is -1.09. The topological polar surface area (TPSA) is 38.0 Å². The summed E-state index contributed by atoms with van der Waals surface area (Å²) in [6.45, 7) is 0.366. The fourth-order valence-electron chi connectivity index (χ4n) is 2.10. The van der Waals surface area contributed by atoms with Crippen LogP contribution in [0.4, 0.5) is 10.1 Å². The van der Waals surface area contributed by atoms with Crippen LogP contribution in [0, 0.1) is 0 Å². The van der Waals surface area contributed by atoms with Crippen molar-refractivity contribution in [2.24, 2.45) is 5.73 Å². The molecule has 2 rings (SSSR count). The van der Waals surface area contributed by atoms with E-state index in [0.29, 0.717) is 19.4 Å². The molecule has 1 fully saturated rings. The van der Waals surface area contributed by atoms with Gasteiger partial charge in [-0.1, -0.05) is 18.2 Å². The quantitative estimate of drug-likeness (QED) is 0.800. The van der Waals surface area contributed by atoms with E-state index in [-0.39, 0.29) is 6.04 Å². The summed E-state index contributed by atoms with van der Waals surface area (Å²) in [5.41, 5.74) is 5.56. The van der Waals surface area contributed by atoms with Crippen LogP contribution in [0.3, 0.4) is 0 Å². The highest BCUT2D eigenvalue weighted by Gasteiger charge is 2.37. The van der Waals surface area contributed by atoms with Gasteiger partial charge in [0.15, 0.2) is 0 Å². The van der Waals surface area contributed by atoms with Crippen molar-refractivity contribution in [1.82, 2.24) is 0 Å². The molecule has 3 heteroatoms. The zero-order valence-electron chi connectivity index (χ0n) is 8.75. The zero-order chi connectivity index (χ0) is 10.7. The number of nitrogens with two attached hydrogens (primary N) is 1. The Morgan fingerprint density at radius 3 is 2.73 bits per heavy atom. The van der Waals surface area contributed by atoms with E-state index in [0.717, 1.165) is 12.1 Å². The first-order valence-electron chi connectivity index (χ1n) is 5.41. The summed E-state index contributed by atoms with van der Waals surface area (Å²) in [5.74, 6) is 0. The van der Waals surface area contributed by atoms with Gasteiger partial charge in [0.25, 0.3) is 0 Å². The first-order chi connectivity index (χ1) is 7.18. The average Bonchev–Trinajstić information content (AvgIpc) is 2.58. The largest absolute Gasteiger partial charge is 0.382 e. The smallest absolute Gasteiger partial charge is 0.129 e. The number of halogens is 1. The van der Waals surface area contributed by atoms with Gasteiger partial charge in [-0.05, 0) is 31.4 Å². The Morgan fingerprint density at radius 2 is 2.13 bits per heavy atom. The molecular weight excluding hydrogens is 191 g/mol. The Bertz CT molecular complexity index is 315. The molecule has 0 bridgehead atoms. The van der Waals surface area contributed by atoms with Crippen LogP contribution in [-0.4, -0.2) is 18.3 Å². The van der Waals surface area contributed by atoms with E-state index >= 15 is 0 Å². The molecule has 2 unspecified atom stereocenters. The zero-order valence-corrected chi connectivity index (χ0v) is 8.75. The summed E-state index contributed by atoms with van der Waals surface area (Å²) >= 11 is 0. The Morgan fingerprint density at radius 1 is 1.40 bits per heavy atom. The van der Waals surface area contributed by atoms with Crippen LogP contribution < -0.4 is 11.1 Å². The summed E-state index contributed by atoms with van der Waals surface area (Å²) in [7, 11) is 0. The van der Waals surface area contributed by atoms with Gasteiger partial charge in [0.2, 0.25) is 0 Å². The number of nitrogens with one attached hydrogen (secondary N) is 1. The molecule has 0 radical (unpaired) electrons. The van der Waals surface area contributed by atoms with E-state index in [1.54, 1.807) is 0 Å². The van der Waals surface area contributed by atoms with Crippen molar-refractivity contribution in [2.45, 2.75) is 31.0 Å². The standard InChI is InChI=1S/C12H17FN2/c13-12(7-6-10(14)8-12)9-15-11-4-2-1-3-5-11/h1-5,10,15H,6-9,14H2. The number of hydrogen-bond acceptors (Lipinski definition) is 2. The maximum atomic E-state index is 14.1. The van der Waals surface area contributed by atoms with Crippen LogP contribution in [-0.2, 0) is 0 Å². The van der Waals surface area contributed by atoms with Crippen LogP contribution in [0.1, 0.15) is 19.3 Å². The molecule has 0 aromatic heterocycles. The molecule has 2 atom stereocenters. The number of anilines is 1. The second-order valence-electron chi connectivity index (χ2n) is 4.37. The van der Waals surface area contributed by atoms with E-state index in [1.807, 2.05) is 30.3 Å². The first kappa shape index (κ1) is 10.4. The lowest BCUT2D eigenvalue weighted by Gasteiger charge is -2.20. The lowest BCUT2D eigenvalue weighted by molar-refractivity contribution is 0.187. The third kappa shape index (κ3) is 2.69. The molecule has 3 N–H and O–H groups in total. The average molecular weight is 208 g/mol. The summed E-state index contributed by atoms with van der Waals surface area (Å²) in [6.07, 6.45) is 1.85. The van der Waals surface area contributed by atoms with Crippen LogP contribution in [0.5, 0.6) is 0 Å². The molecule has 0 saturated heterocycles. The van der Waals surface area contributed by atoms with E-state index in [4.69, 9.17) is 5.73 Å². The van der Waals surface area contributed by atoms with Crippen molar-refractivity contribution in [3.8, 4) is 0 Å². The van der Waals surface area contributed by atoms with Crippen molar-refractivity contribution >= 4 is 5.69 Å². The highest BCUT2D eigenvalue weighted by Crippen LogP contribution is 2.32. The number of benzene rings is 1.